The molecular formula is C20H19F2O2Y-. The van der Waals surface area contributed by atoms with Crippen LogP contribution < -0.4 is 4.74 Å². The molecule has 1 saturated carbocycles. The molecule has 0 saturated heterocycles. The Morgan fingerprint density at radius 3 is 2.16 bits per heavy atom. The number of halogens is 2. The second-order valence-corrected chi connectivity index (χ2v) is 6.48. The van der Waals surface area contributed by atoms with Gasteiger partial charge in [-0.2, -0.15) is 0 Å². The molecule has 0 unspecified atom stereocenters. The maximum absolute atomic E-state index is 13.1. The average Bonchev–Trinajstić information content (AvgIpc) is 2.55. The van der Waals surface area contributed by atoms with Crippen LogP contribution in [0.2, 0.25) is 0 Å². The van der Waals surface area contributed by atoms with E-state index < -0.39 is 17.6 Å². The maximum atomic E-state index is 13.1. The molecule has 2 aromatic carbocycles. The van der Waals surface area contributed by atoms with Gasteiger partial charge in [-0.1, -0.05) is 44.0 Å². The zero-order valence-electron chi connectivity index (χ0n) is 14.1. The van der Waals surface area contributed by atoms with Crippen molar-refractivity contribution in [1.29, 1.82) is 0 Å². The fraction of sp³-hybridized carbons (Fsp3) is 0.350. The summed E-state index contributed by atoms with van der Waals surface area (Å²) in [6.07, 6.45) is 4.81. The zero-order valence-corrected chi connectivity index (χ0v) is 16.9. The van der Waals surface area contributed by atoms with Crippen LogP contribution >= 0.6 is 0 Å². The van der Waals surface area contributed by atoms with Gasteiger partial charge in [0.2, 0.25) is 0 Å². The molecule has 0 aromatic heterocycles. The Labute approximate surface area is 171 Å². The topological polar surface area (TPSA) is 26.3 Å². The SMILES string of the molecule is CC1CCC(c2ccc(C(=O)Oc3cc(F)[c-]c(F)c3)cc2)CC1.[Y]. The van der Waals surface area contributed by atoms with Crippen molar-refractivity contribution < 1.29 is 51.0 Å². The molecule has 0 N–H and O–H groups in total. The van der Waals surface area contributed by atoms with Gasteiger partial charge in [0.25, 0.3) is 0 Å². The largest absolute Gasteiger partial charge is 0.449 e. The molecule has 129 valence electrons. The summed E-state index contributed by atoms with van der Waals surface area (Å²) in [6, 6.07) is 11.0. The summed E-state index contributed by atoms with van der Waals surface area (Å²) in [6.45, 7) is 2.28. The van der Waals surface area contributed by atoms with Gasteiger partial charge in [0.05, 0.1) is 5.56 Å². The van der Waals surface area contributed by atoms with E-state index in [2.05, 4.69) is 6.92 Å². The van der Waals surface area contributed by atoms with Gasteiger partial charge in [-0.25, -0.2) is 13.6 Å². The van der Waals surface area contributed by atoms with E-state index >= 15 is 0 Å². The molecule has 5 heteroatoms. The van der Waals surface area contributed by atoms with E-state index in [0.29, 0.717) is 11.5 Å². The molecule has 25 heavy (non-hydrogen) atoms. The number of benzene rings is 2. The molecule has 0 heterocycles. The third-order valence-corrected chi connectivity index (χ3v) is 4.62. The van der Waals surface area contributed by atoms with Crippen molar-refractivity contribution in [2.75, 3.05) is 0 Å². The molecule has 0 spiro atoms. The van der Waals surface area contributed by atoms with Crippen molar-refractivity contribution in [1.82, 2.24) is 0 Å². The predicted molar refractivity (Wildman–Crippen MR) is 87.0 cm³/mol. The number of ether oxygens (including phenoxy) is 1. The predicted octanol–water partition coefficient (Wildman–Crippen LogP) is 5.28. The second kappa shape index (κ2) is 9.00. The van der Waals surface area contributed by atoms with Crippen LogP contribution in [0.4, 0.5) is 8.78 Å². The Hall–Kier alpha value is -1.13. The van der Waals surface area contributed by atoms with Crippen LogP contribution in [0.5, 0.6) is 5.75 Å². The number of hydrogen-bond donors (Lipinski definition) is 0. The zero-order chi connectivity index (χ0) is 17.1. The van der Waals surface area contributed by atoms with Crippen LogP contribution in [0.25, 0.3) is 0 Å². The third kappa shape index (κ3) is 5.42. The fourth-order valence-electron chi connectivity index (χ4n) is 3.19. The summed E-state index contributed by atoms with van der Waals surface area (Å²) in [7, 11) is 0. The Morgan fingerprint density at radius 2 is 1.60 bits per heavy atom. The van der Waals surface area contributed by atoms with Crippen LogP contribution in [-0.4, -0.2) is 5.97 Å². The van der Waals surface area contributed by atoms with Crippen molar-refractivity contribution in [2.45, 2.75) is 38.5 Å². The molecular weight excluding hydrogens is 399 g/mol. The van der Waals surface area contributed by atoms with Crippen LogP contribution in [0.15, 0.2) is 36.4 Å². The normalized spacial score (nSPS) is 19.8. The quantitative estimate of drug-likeness (QED) is 0.386. The molecule has 0 aliphatic heterocycles. The van der Waals surface area contributed by atoms with Gasteiger partial charge in [0, 0.05) is 50.1 Å². The van der Waals surface area contributed by atoms with Gasteiger partial charge in [-0.15, -0.1) is 6.07 Å². The number of carbonyl (C=O) groups is 1. The van der Waals surface area contributed by atoms with Crippen molar-refractivity contribution in [3.05, 3.63) is 65.2 Å². The van der Waals surface area contributed by atoms with Crippen molar-refractivity contribution in [3.8, 4) is 5.75 Å². The molecule has 1 aliphatic rings. The molecule has 0 atom stereocenters. The molecule has 0 bridgehead atoms. The van der Waals surface area contributed by atoms with Gasteiger partial charge < -0.3 is 4.74 Å². The molecule has 1 fully saturated rings. The number of rotatable bonds is 3. The van der Waals surface area contributed by atoms with E-state index in [1.54, 1.807) is 12.1 Å². The molecule has 2 aromatic rings. The minimum absolute atomic E-state index is 0. The monoisotopic (exact) mass is 418 g/mol. The standard InChI is InChI=1S/C20H19F2O2.Y/c1-13-2-4-14(5-3-13)15-6-8-16(9-7-15)20(23)24-19-11-17(21)10-18(22)12-19;/h6-9,11-14H,2-5H2,1H3;/q-1;. The van der Waals surface area contributed by atoms with Gasteiger partial charge in [-0.05, 0) is 42.4 Å². The number of esters is 1. The Morgan fingerprint density at radius 1 is 1.04 bits per heavy atom. The van der Waals surface area contributed by atoms with E-state index in [1.165, 1.54) is 31.2 Å². The van der Waals surface area contributed by atoms with E-state index in [0.717, 1.165) is 18.1 Å². The van der Waals surface area contributed by atoms with Gasteiger partial charge in [0.1, 0.15) is 0 Å². The van der Waals surface area contributed by atoms with Gasteiger partial charge >= 0.3 is 5.97 Å². The van der Waals surface area contributed by atoms with E-state index in [1.807, 2.05) is 18.2 Å². The van der Waals surface area contributed by atoms with Gasteiger partial charge in [-0.3, -0.25) is 0 Å². The van der Waals surface area contributed by atoms with Crippen LogP contribution in [-0.2, 0) is 32.7 Å². The van der Waals surface area contributed by atoms with E-state index in [9.17, 15) is 13.6 Å². The first-order chi connectivity index (χ1) is 11.5. The van der Waals surface area contributed by atoms with E-state index in [-0.39, 0.29) is 38.5 Å². The third-order valence-electron chi connectivity index (χ3n) is 4.62. The van der Waals surface area contributed by atoms with Crippen LogP contribution in [0, 0.1) is 23.6 Å². The molecule has 3 rings (SSSR count). The average molecular weight is 418 g/mol. The number of hydrogen-bond acceptors (Lipinski definition) is 2. The molecule has 0 amide bonds. The summed E-state index contributed by atoms with van der Waals surface area (Å²) in [5.41, 5.74) is 1.58. The Bertz CT molecular complexity index is 703. The van der Waals surface area contributed by atoms with Crippen LogP contribution in [0.3, 0.4) is 0 Å². The van der Waals surface area contributed by atoms with Crippen molar-refractivity contribution in [3.63, 3.8) is 0 Å². The van der Waals surface area contributed by atoms with Crippen molar-refractivity contribution >= 4 is 5.97 Å². The molecule has 1 aliphatic carbocycles. The minimum atomic E-state index is -0.903. The van der Waals surface area contributed by atoms with Crippen LogP contribution in [0.1, 0.15) is 54.4 Å². The second-order valence-electron chi connectivity index (χ2n) is 6.48. The summed E-state index contributed by atoms with van der Waals surface area (Å²) < 4.78 is 31.2. The van der Waals surface area contributed by atoms with Gasteiger partial charge in [0.15, 0.2) is 0 Å². The minimum Gasteiger partial charge on any atom is -0.449 e. The Balaban J connectivity index is 0.00000225. The summed E-state index contributed by atoms with van der Waals surface area (Å²) in [5, 5.41) is 0. The van der Waals surface area contributed by atoms with Crippen molar-refractivity contribution in [2.24, 2.45) is 5.92 Å². The Kier molecular flexibility index (Phi) is 7.27. The first-order valence-electron chi connectivity index (χ1n) is 8.22. The summed E-state index contributed by atoms with van der Waals surface area (Å²) in [5.74, 6) is -1.28. The van der Waals surface area contributed by atoms with E-state index in [4.69, 9.17) is 4.74 Å². The smallest absolute Gasteiger partial charge is 0.341 e. The molecule has 2 nitrogen and oxygen atoms in total. The maximum Gasteiger partial charge on any atom is 0.341 e. The summed E-state index contributed by atoms with van der Waals surface area (Å²) in [4.78, 5) is 12.1. The fourth-order valence-corrected chi connectivity index (χ4v) is 3.19. The first-order valence-corrected chi connectivity index (χ1v) is 8.22. The molecule has 1 radical (unpaired) electrons. The first kappa shape index (κ1) is 20.2. The summed E-state index contributed by atoms with van der Waals surface area (Å²) >= 11 is 0. The number of carbonyl (C=O) groups excluding carboxylic acids is 1.